The van der Waals surface area contributed by atoms with Crippen molar-refractivity contribution in [3.63, 3.8) is 0 Å². The Bertz CT molecular complexity index is 1420. The van der Waals surface area contributed by atoms with Gasteiger partial charge in [0.15, 0.2) is 5.78 Å². The van der Waals surface area contributed by atoms with Crippen LogP contribution in [-0.2, 0) is 20.7 Å². The average Bonchev–Trinajstić information content (AvgIpc) is 2.99. The van der Waals surface area contributed by atoms with E-state index in [4.69, 9.17) is 14.2 Å². The fourth-order valence-electron chi connectivity index (χ4n) is 5.59. The fourth-order valence-corrected chi connectivity index (χ4v) is 5.59. The summed E-state index contributed by atoms with van der Waals surface area (Å²) < 4.78 is 16.7. The maximum absolute atomic E-state index is 13.8. The van der Waals surface area contributed by atoms with Crippen molar-refractivity contribution in [2.24, 2.45) is 0 Å². The van der Waals surface area contributed by atoms with Crippen LogP contribution in [0.1, 0.15) is 55.2 Å². The summed E-state index contributed by atoms with van der Waals surface area (Å²) in [7, 11) is 1.64. The highest BCUT2D eigenvalue weighted by molar-refractivity contribution is 6.04. The molecule has 6 heteroatoms. The number of benzene rings is 3. The molecule has 2 atom stereocenters. The first-order valence-electron chi connectivity index (χ1n) is 13.8. The number of carbonyl (C=O) groups is 2. The van der Waals surface area contributed by atoms with Crippen LogP contribution in [0, 0.1) is 0 Å². The van der Waals surface area contributed by atoms with E-state index < -0.39 is 11.9 Å². The third kappa shape index (κ3) is 5.81. The van der Waals surface area contributed by atoms with Crippen LogP contribution in [-0.4, -0.2) is 32.1 Å². The number of allylic oxidation sites excluding steroid dienone is 3. The number of dihydropyridines is 1. The number of hydrogen-bond donors (Lipinski definition) is 1. The van der Waals surface area contributed by atoms with Gasteiger partial charge < -0.3 is 19.5 Å². The van der Waals surface area contributed by atoms with E-state index in [9.17, 15) is 9.59 Å². The molecule has 1 N–H and O–H groups in total. The van der Waals surface area contributed by atoms with E-state index in [1.54, 1.807) is 7.11 Å². The van der Waals surface area contributed by atoms with Crippen molar-refractivity contribution < 1.29 is 23.8 Å². The van der Waals surface area contributed by atoms with Gasteiger partial charge >= 0.3 is 5.97 Å². The third-order valence-electron chi connectivity index (χ3n) is 7.68. The number of nitrogens with one attached hydrogen (secondary N) is 1. The summed E-state index contributed by atoms with van der Waals surface area (Å²) in [5, 5.41) is 3.42. The van der Waals surface area contributed by atoms with Gasteiger partial charge in [-0.1, -0.05) is 61.5 Å². The van der Waals surface area contributed by atoms with E-state index in [0.29, 0.717) is 29.7 Å². The normalized spacial score (nSPS) is 18.6. The first-order chi connectivity index (χ1) is 19.5. The summed E-state index contributed by atoms with van der Waals surface area (Å²) >= 11 is 0. The lowest BCUT2D eigenvalue weighted by molar-refractivity contribution is -0.140. The topological polar surface area (TPSA) is 73.9 Å². The maximum Gasteiger partial charge on any atom is 0.336 e. The van der Waals surface area contributed by atoms with Gasteiger partial charge in [-0.3, -0.25) is 4.79 Å². The predicted molar refractivity (Wildman–Crippen MR) is 154 cm³/mol. The largest absolute Gasteiger partial charge is 0.497 e. The second-order valence-electron chi connectivity index (χ2n) is 10.2. The van der Waals surface area contributed by atoms with Gasteiger partial charge in [0.1, 0.15) is 24.7 Å². The van der Waals surface area contributed by atoms with Crippen LogP contribution in [0.3, 0.4) is 0 Å². The molecule has 0 saturated carbocycles. The maximum atomic E-state index is 13.8. The summed E-state index contributed by atoms with van der Waals surface area (Å²) in [6.45, 7) is 4.33. The molecule has 2 aliphatic rings. The zero-order chi connectivity index (χ0) is 28.1. The van der Waals surface area contributed by atoms with Crippen LogP contribution in [0.4, 0.5) is 0 Å². The van der Waals surface area contributed by atoms with Gasteiger partial charge in [0, 0.05) is 29.3 Å². The van der Waals surface area contributed by atoms with E-state index in [1.165, 1.54) is 5.56 Å². The van der Waals surface area contributed by atoms with Crippen LogP contribution >= 0.6 is 0 Å². The molecule has 5 rings (SSSR count). The molecule has 3 aromatic carbocycles. The number of carbonyl (C=O) groups excluding carboxylic acids is 2. The van der Waals surface area contributed by atoms with E-state index in [-0.39, 0.29) is 24.9 Å². The van der Waals surface area contributed by atoms with Crippen LogP contribution in [0.15, 0.2) is 101 Å². The molecule has 3 aromatic rings. The fraction of sp³-hybridized carbons (Fsp3) is 0.294. The Kier molecular flexibility index (Phi) is 8.34. The number of hydrogen-bond acceptors (Lipinski definition) is 6. The van der Waals surface area contributed by atoms with Gasteiger partial charge in [0.25, 0.3) is 0 Å². The molecule has 1 aliphatic heterocycles. The Morgan fingerprint density at radius 1 is 0.875 bits per heavy atom. The van der Waals surface area contributed by atoms with Crippen LogP contribution in [0.25, 0.3) is 0 Å². The van der Waals surface area contributed by atoms with Crippen molar-refractivity contribution in [2.45, 2.75) is 44.9 Å². The number of rotatable bonds is 9. The van der Waals surface area contributed by atoms with Crippen LogP contribution in [0.2, 0.25) is 0 Å². The molecule has 0 fully saturated rings. The summed E-state index contributed by atoms with van der Waals surface area (Å²) in [4.78, 5) is 27.3. The standard InChI is InChI=1S/C34H35NO5/c1-4-23-10-12-25(13-11-23)32-31(34(37)40-19-18-39-28-8-6-5-7-9-28)22(2)35-29-20-26(21-30(36)33(29)32)24-14-16-27(38-3)17-15-24/h5-17,26,32,35H,4,18-21H2,1-3H3/t26-,32+/m0/s1. The van der Waals surface area contributed by atoms with Crippen molar-refractivity contribution in [1.82, 2.24) is 5.32 Å². The Balaban J connectivity index is 1.41. The smallest absolute Gasteiger partial charge is 0.336 e. The Labute approximate surface area is 235 Å². The molecule has 0 radical (unpaired) electrons. The molecule has 1 aliphatic carbocycles. The molecule has 0 unspecified atom stereocenters. The minimum Gasteiger partial charge on any atom is -0.497 e. The number of methoxy groups -OCH3 is 1. The van der Waals surface area contributed by atoms with Crippen LogP contribution < -0.4 is 14.8 Å². The Hall–Kier alpha value is -4.32. The van der Waals surface area contributed by atoms with Gasteiger partial charge in [0.05, 0.1) is 12.7 Å². The van der Waals surface area contributed by atoms with Crippen molar-refractivity contribution in [1.29, 1.82) is 0 Å². The summed E-state index contributed by atoms with van der Waals surface area (Å²) in [5.41, 5.74) is 5.92. The first kappa shape index (κ1) is 27.3. The number of ketones is 1. The average molecular weight is 538 g/mol. The highest BCUT2D eigenvalue weighted by atomic mass is 16.6. The third-order valence-corrected chi connectivity index (χ3v) is 7.68. The minimum atomic E-state index is -0.492. The summed E-state index contributed by atoms with van der Waals surface area (Å²) in [5.74, 6) is 0.662. The lowest BCUT2D eigenvalue weighted by Gasteiger charge is -2.36. The molecule has 6 nitrogen and oxygen atoms in total. The highest BCUT2D eigenvalue weighted by Crippen LogP contribution is 2.45. The SMILES string of the molecule is CCc1ccc([C@@H]2C(C(=O)OCCOc3ccccc3)=C(C)NC3=C2C(=O)C[C@@H](c2ccc(OC)cc2)C3)cc1. The van der Waals surface area contributed by atoms with E-state index in [1.807, 2.05) is 73.7 Å². The summed E-state index contributed by atoms with van der Waals surface area (Å²) in [6.07, 6.45) is 1.97. The predicted octanol–water partition coefficient (Wildman–Crippen LogP) is 6.24. The van der Waals surface area contributed by atoms with Gasteiger partial charge in [-0.05, 0) is 66.6 Å². The van der Waals surface area contributed by atoms with Gasteiger partial charge in [-0.15, -0.1) is 0 Å². The monoisotopic (exact) mass is 537 g/mol. The van der Waals surface area contributed by atoms with E-state index >= 15 is 0 Å². The number of Topliss-reactive ketones (excluding diaryl/α,β-unsaturated/α-hetero) is 1. The number of aryl methyl sites for hydroxylation is 1. The molecule has 1 heterocycles. The van der Waals surface area contributed by atoms with Gasteiger partial charge in [-0.25, -0.2) is 4.79 Å². The second kappa shape index (κ2) is 12.2. The molecule has 206 valence electrons. The molecule has 0 aromatic heterocycles. The molecular formula is C34H35NO5. The zero-order valence-corrected chi connectivity index (χ0v) is 23.2. The van der Waals surface area contributed by atoms with E-state index in [2.05, 4.69) is 24.4 Å². The molecule has 0 bridgehead atoms. The zero-order valence-electron chi connectivity index (χ0n) is 23.2. The number of esters is 1. The van der Waals surface area contributed by atoms with Gasteiger partial charge in [0.2, 0.25) is 0 Å². The van der Waals surface area contributed by atoms with Crippen LogP contribution in [0.5, 0.6) is 11.5 Å². The molecule has 0 saturated heterocycles. The van der Waals surface area contributed by atoms with Gasteiger partial charge in [-0.2, -0.15) is 0 Å². The highest BCUT2D eigenvalue weighted by Gasteiger charge is 2.41. The van der Waals surface area contributed by atoms with Crippen molar-refractivity contribution >= 4 is 11.8 Å². The second-order valence-corrected chi connectivity index (χ2v) is 10.2. The molecule has 0 amide bonds. The Morgan fingerprint density at radius 2 is 1.57 bits per heavy atom. The van der Waals surface area contributed by atoms with Crippen molar-refractivity contribution in [3.05, 3.63) is 118 Å². The number of ether oxygens (including phenoxy) is 3. The van der Waals surface area contributed by atoms with Crippen molar-refractivity contribution in [2.75, 3.05) is 20.3 Å². The lowest BCUT2D eigenvalue weighted by atomic mass is 9.71. The number of para-hydroxylation sites is 1. The lowest BCUT2D eigenvalue weighted by Crippen LogP contribution is -2.36. The Morgan fingerprint density at radius 3 is 2.25 bits per heavy atom. The first-order valence-corrected chi connectivity index (χ1v) is 13.8. The summed E-state index contributed by atoms with van der Waals surface area (Å²) in [6, 6.07) is 25.5. The molecule has 0 spiro atoms. The minimum absolute atomic E-state index is 0.0456. The van der Waals surface area contributed by atoms with Crippen molar-refractivity contribution in [3.8, 4) is 11.5 Å². The molecular weight excluding hydrogens is 502 g/mol. The quantitative estimate of drug-likeness (QED) is 0.257. The molecule has 40 heavy (non-hydrogen) atoms. The van der Waals surface area contributed by atoms with E-state index in [0.717, 1.165) is 34.7 Å².